The minimum absolute atomic E-state index is 0.230. The maximum atomic E-state index is 5.79. The molecule has 1 aliphatic rings. The van der Waals surface area contributed by atoms with E-state index in [1.165, 1.54) is 53.9 Å². The van der Waals surface area contributed by atoms with Gasteiger partial charge in [-0.1, -0.05) is 31.4 Å². The summed E-state index contributed by atoms with van der Waals surface area (Å²) in [6.07, 6.45) is 11.3. The Kier molecular flexibility index (Phi) is 5.42. The van der Waals surface area contributed by atoms with Gasteiger partial charge in [0.05, 0.1) is 6.04 Å². The van der Waals surface area contributed by atoms with E-state index in [9.17, 15) is 0 Å². The highest BCUT2D eigenvalue weighted by Crippen LogP contribution is 2.32. The molecule has 0 saturated carbocycles. The Morgan fingerprint density at radius 1 is 1.28 bits per heavy atom. The van der Waals surface area contributed by atoms with Crippen molar-refractivity contribution in [2.24, 2.45) is 5.84 Å². The lowest BCUT2D eigenvalue weighted by atomic mass is 9.94. The molecule has 3 N–H and O–H groups in total. The van der Waals surface area contributed by atoms with Crippen LogP contribution < -0.4 is 11.3 Å². The van der Waals surface area contributed by atoms with Crippen LogP contribution in [0.3, 0.4) is 0 Å². The molecule has 0 radical (unpaired) electrons. The Morgan fingerprint density at radius 3 is 2.83 bits per heavy atom. The Labute approximate surface area is 114 Å². The molecule has 0 saturated heterocycles. The van der Waals surface area contributed by atoms with Crippen LogP contribution in [-0.4, -0.2) is 0 Å². The number of allylic oxidation sites excluding steroid dienone is 1. The van der Waals surface area contributed by atoms with Gasteiger partial charge in [0.1, 0.15) is 0 Å². The average molecular weight is 264 g/mol. The van der Waals surface area contributed by atoms with Crippen molar-refractivity contribution >= 4 is 11.3 Å². The van der Waals surface area contributed by atoms with Gasteiger partial charge in [0.15, 0.2) is 0 Å². The van der Waals surface area contributed by atoms with Crippen LogP contribution in [0.2, 0.25) is 0 Å². The summed E-state index contributed by atoms with van der Waals surface area (Å²) in [4.78, 5) is 2.80. The highest BCUT2D eigenvalue weighted by molar-refractivity contribution is 7.12. The second-order valence-corrected chi connectivity index (χ2v) is 6.19. The molecule has 2 rings (SSSR count). The van der Waals surface area contributed by atoms with E-state index >= 15 is 0 Å². The Balaban J connectivity index is 2.15. The van der Waals surface area contributed by atoms with Crippen molar-refractivity contribution in [2.45, 2.75) is 57.9 Å². The van der Waals surface area contributed by atoms with E-state index in [1.54, 1.807) is 0 Å². The number of hydrazine groups is 1. The first-order chi connectivity index (χ1) is 8.85. The lowest BCUT2D eigenvalue weighted by Crippen LogP contribution is -2.29. The molecule has 0 aromatic carbocycles. The van der Waals surface area contributed by atoms with Crippen molar-refractivity contribution in [1.82, 2.24) is 5.43 Å². The van der Waals surface area contributed by atoms with Gasteiger partial charge in [-0.05, 0) is 44.2 Å². The van der Waals surface area contributed by atoms with Crippen LogP contribution in [0.15, 0.2) is 23.8 Å². The lowest BCUT2D eigenvalue weighted by molar-refractivity contribution is 0.560. The number of hydrogen-bond acceptors (Lipinski definition) is 3. The first kappa shape index (κ1) is 13.8. The number of hydrogen-bond donors (Lipinski definition) is 2. The van der Waals surface area contributed by atoms with Crippen LogP contribution in [0.5, 0.6) is 0 Å². The summed E-state index contributed by atoms with van der Waals surface area (Å²) in [5, 5.41) is 0. The molecule has 0 aliphatic heterocycles. The summed E-state index contributed by atoms with van der Waals surface area (Å²) in [6, 6.07) is 4.69. The van der Waals surface area contributed by atoms with E-state index in [2.05, 4.69) is 30.6 Å². The quantitative estimate of drug-likeness (QED) is 0.488. The van der Waals surface area contributed by atoms with Gasteiger partial charge in [0, 0.05) is 9.75 Å². The molecule has 1 aromatic heterocycles. The first-order valence-electron chi connectivity index (χ1n) is 7.08. The zero-order valence-corrected chi connectivity index (χ0v) is 12.1. The van der Waals surface area contributed by atoms with Crippen LogP contribution in [0.25, 0.3) is 0 Å². The predicted octanol–water partition coefficient (Wildman–Crippen LogP) is 4.10. The van der Waals surface area contributed by atoms with Crippen molar-refractivity contribution in [1.29, 1.82) is 0 Å². The van der Waals surface area contributed by atoms with E-state index in [1.807, 2.05) is 11.3 Å². The summed E-state index contributed by atoms with van der Waals surface area (Å²) < 4.78 is 0. The minimum Gasteiger partial charge on any atom is -0.271 e. The van der Waals surface area contributed by atoms with Crippen LogP contribution in [0, 0.1) is 0 Å². The molecule has 0 bridgehead atoms. The molecule has 1 aliphatic carbocycles. The maximum Gasteiger partial charge on any atom is 0.0762 e. The van der Waals surface area contributed by atoms with Crippen LogP contribution in [0.1, 0.15) is 61.2 Å². The summed E-state index contributed by atoms with van der Waals surface area (Å²) >= 11 is 1.89. The van der Waals surface area contributed by atoms with E-state index in [0.29, 0.717) is 0 Å². The molecule has 0 amide bonds. The molecule has 1 atom stereocenters. The van der Waals surface area contributed by atoms with Gasteiger partial charge in [-0.25, -0.2) is 5.43 Å². The second-order valence-electron chi connectivity index (χ2n) is 4.99. The average Bonchev–Trinajstić information content (AvgIpc) is 2.81. The van der Waals surface area contributed by atoms with Gasteiger partial charge in [0.2, 0.25) is 0 Å². The molecule has 1 unspecified atom stereocenters. The smallest absolute Gasteiger partial charge is 0.0762 e. The highest BCUT2D eigenvalue weighted by Gasteiger charge is 2.17. The lowest BCUT2D eigenvalue weighted by Gasteiger charge is -2.20. The zero-order chi connectivity index (χ0) is 12.8. The maximum absolute atomic E-state index is 5.79. The van der Waals surface area contributed by atoms with E-state index in [4.69, 9.17) is 5.84 Å². The van der Waals surface area contributed by atoms with Gasteiger partial charge in [0.25, 0.3) is 0 Å². The molecule has 2 nitrogen and oxygen atoms in total. The highest BCUT2D eigenvalue weighted by atomic mass is 32.1. The summed E-state index contributed by atoms with van der Waals surface area (Å²) in [7, 11) is 0. The fourth-order valence-corrected chi connectivity index (χ4v) is 3.65. The topological polar surface area (TPSA) is 38.0 Å². The Bertz CT molecular complexity index is 395. The Hall–Kier alpha value is -0.640. The molecule has 3 heteroatoms. The third kappa shape index (κ3) is 3.44. The van der Waals surface area contributed by atoms with Crippen LogP contribution >= 0.6 is 11.3 Å². The monoisotopic (exact) mass is 264 g/mol. The van der Waals surface area contributed by atoms with Gasteiger partial charge in [-0.3, -0.25) is 5.84 Å². The third-order valence-corrected chi connectivity index (χ3v) is 4.97. The molecule has 100 valence electrons. The van der Waals surface area contributed by atoms with E-state index < -0.39 is 0 Å². The van der Waals surface area contributed by atoms with Crippen molar-refractivity contribution in [2.75, 3.05) is 0 Å². The number of rotatable bonds is 4. The number of nitrogens with one attached hydrogen (secondary N) is 1. The molecule has 1 heterocycles. The standard InChI is InChI=1S/C15H24N2S/c1-2-13-10-11-14(18-13)15(17-16)12-8-6-4-3-5-7-9-12/h8,10-11,15,17H,2-7,9,16H2,1H3/b12-8+. The fourth-order valence-electron chi connectivity index (χ4n) is 2.59. The van der Waals surface area contributed by atoms with Crippen molar-refractivity contribution in [3.8, 4) is 0 Å². The van der Waals surface area contributed by atoms with Gasteiger partial charge < -0.3 is 0 Å². The first-order valence-corrected chi connectivity index (χ1v) is 7.90. The van der Waals surface area contributed by atoms with E-state index in [0.717, 1.165) is 6.42 Å². The minimum atomic E-state index is 0.230. The second kappa shape index (κ2) is 7.07. The van der Waals surface area contributed by atoms with Crippen molar-refractivity contribution < 1.29 is 0 Å². The van der Waals surface area contributed by atoms with Crippen LogP contribution in [-0.2, 0) is 6.42 Å². The van der Waals surface area contributed by atoms with Crippen molar-refractivity contribution in [3.63, 3.8) is 0 Å². The molecular weight excluding hydrogens is 240 g/mol. The number of thiophene rings is 1. The van der Waals surface area contributed by atoms with Gasteiger partial charge >= 0.3 is 0 Å². The summed E-state index contributed by atoms with van der Waals surface area (Å²) in [5.74, 6) is 5.79. The number of aryl methyl sites for hydroxylation is 1. The normalized spacial score (nSPS) is 21.8. The SMILES string of the molecule is CCc1ccc(C(NN)/C2=C/CCCCCC2)s1. The van der Waals surface area contributed by atoms with Gasteiger partial charge in [-0.2, -0.15) is 0 Å². The third-order valence-electron chi connectivity index (χ3n) is 3.68. The largest absolute Gasteiger partial charge is 0.271 e. The zero-order valence-electron chi connectivity index (χ0n) is 11.2. The summed E-state index contributed by atoms with van der Waals surface area (Å²) in [5.41, 5.74) is 4.50. The Morgan fingerprint density at radius 2 is 2.11 bits per heavy atom. The van der Waals surface area contributed by atoms with Crippen LogP contribution in [0.4, 0.5) is 0 Å². The van der Waals surface area contributed by atoms with E-state index in [-0.39, 0.29) is 6.04 Å². The summed E-state index contributed by atoms with van der Waals surface area (Å²) in [6.45, 7) is 2.20. The van der Waals surface area contributed by atoms with Gasteiger partial charge in [-0.15, -0.1) is 11.3 Å². The molecule has 18 heavy (non-hydrogen) atoms. The van der Waals surface area contributed by atoms with Crippen molar-refractivity contribution in [3.05, 3.63) is 33.5 Å². The molecule has 1 aromatic rings. The number of nitrogens with two attached hydrogens (primary N) is 1. The predicted molar refractivity (Wildman–Crippen MR) is 79.5 cm³/mol. The molecular formula is C15H24N2S. The molecule has 0 fully saturated rings. The molecule has 0 spiro atoms. The fraction of sp³-hybridized carbons (Fsp3) is 0.600.